The van der Waals surface area contributed by atoms with E-state index in [1.807, 2.05) is 0 Å². The number of aliphatic hydroxyl groups is 1. The lowest BCUT2D eigenvalue weighted by atomic mass is 10.1. The minimum atomic E-state index is -0.709. The van der Waals surface area contributed by atoms with E-state index in [-0.39, 0.29) is 19.1 Å². The Labute approximate surface area is 116 Å². The van der Waals surface area contributed by atoms with E-state index in [0.717, 1.165) is 5.56 Å². The van der Waals surface area contributed by atoms with Gasteiger partial charge in [0.25, 0.3) is 5.91 Å². The summed E-state index contributed by atoms with van der Waals surface area (Å²) < 4.78 is 9.93. The molecule has 6 heteroatoms. The summed E-state index contributed by atoms with van der Waals surface area (Å²) in [6.45, 7) is 0.818. The third-order valence-corrected chi connectivity index (χ3v) is 3.25. The fourth-order valence-corrected chi connectivity index (χ4v) is 2.10. The predicted molar refractivity (Wildman–Crippen MR) is 70.0 cm³/mol. The van der Waals surface area contributed by atoms with Crippen LogP contribution in [-0.4, -0.2) is 54.8 Å². The Balaban J connectivity index is 2.18. The molecule has 108 valence electrons. The lowest BCUT2D eigenvalue weighted by molar-refractivity contribution is -0.151. The first-order chi connectivity index (χ1) is 9.67. The molecule has 1 saturated heterocycles. The summed E-state index contributed by atoms with van der Waals surface area (Å²) in [5.74, 6) is -0.724. The third-order valence-electron chi connectivity index (χ3n) is 3.25. The Hall–Kier alpha value is -1.92. The smallest absolute Gasteiger partial charge is 0.331 e. The first-order valence-corrected chi connectivity index (χ1v) is 6.33. The summed E-state index contributed by atoms with van der Waals surface area (Å²) >= 11 is 0. The fraction of sp³-hybridized carbons (Fsp3) is 0.429. The number of carbonyl (C=O) groups is 2. The molecule has 1 amide bonds. The van der Waals surface area contributed by atoms with E-state index in [1.54, 1.807) is 24.3 Å². The third kappa shape index (κ3) is 2.97. The van der Waals surface area contributed by atoms with Crippen LogP contribution < -0.4 is 0 Å². The van der Waals surface area contributed by atoms with Crippen molar-refractivity contribution in [2.24, 2.45) is 0 Å². The number of nitrogens with zero attached hydrogens (tertiary/aromatic N) is 1. The van der Waals surface area contributed by atoms with Gasteiger partial charge in [-0.2, -0.15) is 0 Å². The van der Waals surface area contributed by atoms with Crippen molar-refractivity contribution >= 4 is 11.9 Å². The van der Waals surface area contributed by atoms with Crippen LogP contribution in [0.5, 0.6) is 0 Å². The summed E-state index contributed by atoms with van der Waals surface area (Å²) in [4.78, 5) is 25.6. The highest BCUT2D eigenvalue weighted by Crippen LogP contribution is 2.14. The second-order valence-corrected chi connectivity index (χ2v) is 4.47. The van der Waals surface area contributed by atoms with Crippen LogP contribution in [0.25, 0.3) is 0 Å². The van der Waals surface area contributed by atoms with E-state index >= 15 is 0 Å². The normalized spacial score (nSPS) is 18.7. The maximum absolute atomic E-state index is 12.4. The SMILES string of the molecule is COC(=O)C1COCCN1C(=O)c1ccc(CO)cc1. The number of rotatable bonds is 3. The molecule has 6 nitrogen and oxygen atoms in total. The highest BCUT2D eigenvalue weighted by Gasteiger charge is 2.34. The van der Waals surface area contributed by atoms with Crippen molar-refractivity contribution in [1.82, 2.24) is 4.90 Å². The van der Waals surface area contributed by atoms with E-state index in [0.29, 0.717) is 18.7 Å². The van der Waals surface area contributed by atoms with Crippen molar-refractivity contribution in [3.8, 4) is 0 Å². The Morgan fingerprint density at radius 1 is 1.40 bits per heavy atom. The van der Waals surface area contributed by atoms with Gasteiger partial charge in [-0.05, 0) is 17.7 Å². The van der Waals surface area contributed by atoms with Crippen LogP contribution in [0.3, 0.4) is 0 Å². The van der Waals surface area contributed by atoms with Crippen LogP contribution in [0.4, 0.5) is 0 Å². The molecule has 0 spiro atoms. The maximum Gasteiger partial charge on any atom is 0.331 e. The van der Waals surface area contributed by atoms with Crippen molar-refractivity contribution in [3.05, 3.63) is 35.4 Å². The monoisotopic (exact) mass is 279 g/mol. The van der Waals surface area contributed by atoms with Gasteiger partial charge in [-0.1, -0.05) is 12.1 Å². The minimum absolute atomic E-state index is 0.0726. The molecule has 1 aromatic carbocycles. The van der Waals surface area contributed by atoms with Crippen molar-refractivity contribution in [1.29, 1.82) is 0 Å². The van der Waals surface area contributed by atoms with Crippen LogP contribution in [0.15, 0.2) is 24.3 Å². The Kier molecular flexibility index (Phi) is 4.70. The van der Waals surface area contributed by atoms with E-state index in [9.17, 15) is 9.59 Å². The van der Waals surface area contributed by atoms with Crippen LogP contribution in [0, 0.1) is 0 Å². The second-order valence-electron chi connectivity index (χ2n) is 4.47. The Bertz CT molecular complexity index is 485. The lowest BCUT2D eigenvalue weighted by Gasteiger charge is -2.33. The molecule has 1 unspecified atom stereocenters. The van der Waals surface area contributed by atoms with Crippen molar-refractivity contribution in [2.45, 2.75) is 12.6 Å². The van der Waals surface area contributed by atoms with Gasteiger partial charge in [-0.3, -0.25) is 4.79 Å². The highest BCUT2D eigenvalue weighted by molar-refractivity contribution is 5.97. The van der Waals surface area contributed by atoms with Crippen molar-refractivity contribution in [2.75, 3.05) is 26.9 Å². The average Bonchev–Trinajstić information content (AvgIpc) is 2.53. The van der Waals surface area contributed by atoms with Crippen LogP contribution in [0.2, 0.25) is 0 Å². The summed E-state index contributed by atoms with van der Waals surface area (Å²) in [6.07, 6.45) is 0. The summed E-state index contributed by atoms with van der Waals surface area (Å²) in [5, 5.41) is 8.99. The number of amides is 1. The summed E-state index contributed by atoms with van der Waals surface area (Å²) in [5.41, 5.74) is 1.20. The number of hydrogen-bond acceptors (Lipinski definition) is 5. The molecule has 1 heterocycles. The largest absolute Gasteiger partial charge is 0.467 e. The van der Waals surface area contributed by atoms with Gasteiger partial charge in [-0.25, -0.2) is 4.79 Å². The van der Waals surface area contributed by atoms with Gasteiger partial charge in [-0.15, -0.1) is 0 Å². The van der Waals surface area contributed by atoms with Crippen LogP contribution in [0.1, 0.15) is 15.9 Å². The molecule has 0 radical (unpaired) electrons. The standard InChI is InChI=1S/C14H17NO5/c1-19-14(18)12-9-20-7-6-15(12)13(17)11-4-2-10(8-16)3-5-11/h2-5,12,16H,6-9H2,1H3. The molecule has 1 fully saturated rings. The Morgan fingerprint density at radius 3 is 2.70 bits per heavy atom. The number of carbonyl (C=O) groups excluding carboxylic acids is 2. The topological polar surface area (TPSA) is 76.1 Å². The molecule has 0 saturated carbocycles. The van der Waals surface area contributed by atoms with Crippen molar-refractivity contribution in [3.63, 3.8) is 0 Å². The maximum atomic E-state index is 12.4. The van der Waals surface area contributed by atoms with Gasteiger partial charge in [0.2, 0.25) is 0 Å². The van der Waals surface area contributed by atoms with Gasteiger partial charge in [0, 0.05) is 12.1 Å². The zero-order valence-corrected chi connectivity index (χ0v) is 11.2. The molecule has 1 aromatic rings. The van der Waals surface area contributed by atoms with Gasteiger partial charge >= 0.3 is 5.97 Å². The molecule has 0 bridgehead atoms. The fourth-order valence-electron chi connectivity index (χ4n) is 2.10. The van der Waals surface area contributed by atoms with Crippen molar-refractivity contribution < 1.29 is 24.2 Å². The molecular formula is C14H17NO5. The molecule has 20 heavy (non-hydrogen) atoms. The van der Waals surface area contributed by atoms with Crippen LogP contribution >= 0.6 is 0 Å². The molecule has 1 aliphatic rings. The molecule has 1 atom stereocenters. The molecule has 0 aromatic heterocycles. The quantitative estimate of drug-likeness (QED) is 0.800. The molecule has 2 rings (SSSR count). The van der Waals surface area contributed by atoms with Gasteiger partial charge < -0.3 is 19.5 Å². The molecule has 0 aliphatic carbocycles. The number of aliphatic hydroxyl groups excluding tert-OH is 1. The second kappa shape index (κ2) is 6.49. The number of esters is 1. The van der Waals surface area contributed by atoms with E-state index in [4.69, 9.17) is 14.6 Å². The predicted octanol–water partition coefficient (Wildman–Crippen LogP) is 0.193. The minimum Gasteiger partial charge on any atom is -0.467 e. The summed E-state index contributed by atoms with van der Waals surface area (Å²) in [7, 11) is 1.29. The number of morpholine rings is 1. The zero-order chi connectivity index (χ0) is 14.5. The highest BCUT2D eigenvalue weighted by atomic mass is 16.5. The summed E-state index contributed by atoms with van der Waals surface area (Å²) in [6, 6.07) is 5.93. The number of ether oxygens (including phenoxy) is 2. The molecular weight excluding hydrogens is 262 g/mol. The van der Waals surface area contributed by atoms with E-state index < -0.39 is 12.0 Å². The van der Waals surface area contributed by atoms with Gasteiger partial charge in [0.05, 0.1) is 26.9 Å². The van der Waals surface area contributed by atoms with Gasteiger partial charge in [0.1, 0.15) is 0 Å². The molecule has 1 aliphatic heterocycles. The first-order valence-electron chi connectivity index (χ1n) is 6.33. The van der Waals surface area contributed by atoms with E-state index in [1.165, 1.54) is 12.0 Å². The number of methoxy groups -OCH3 is 1. The van der Waals surface area contributed by atoms with Gasteiger partial charge in [0.15, 0.2) is 6.04 Å². The van der Waals surface area contributed by atoms with Crippen LogP contribution in [-0.2, 0) is 20.9 Å². The first kappa shape index (κ1) is 14.5. The number of hydrogen-bond donors (Lipinski definition) is 1. The average molecular weight is 279 g/mol. The number of benzene rings is 1. The van der Waals surface area contributed by atoms with E-state index in [2.05, 4.69) is 0 Å². The Morgan fingerprint density at radius 2 is 2.10 bits per heavy atom. The molecule has 1 N–H and O–H groups in total. The lowest BCUT2D eigenvalue weighted by Crippen LogP contribution is -2.53. The zero-order valence-electron chi connectivity index (χ0n) is 11.2.